The van der Waals surface area contributed by atoms with Crippen LogP contribution in [0.5, 0.6) is 0 Å². The van der Waals surface area contributed by atoms with Gasteiger partial charge in [-0.15, -0.1) is 0 Å². The highest BCUT2D eigenvalue weighted by molar-refractivity contribution is 5.92. The van der Waals surface area contributed by atoms with Crippen molar-refractivity contribution in [1.29, 1.82) is 0 Å². The van der Waals surface area contributed by atoms with Gasteiger partial charge in [0, 0.05) is 35.3 Å². The smallest absolute Gasteiger partial charge is 0.351 e. The fourth-order valence-corrected chi connectivity index (χ4v) is 5.19. The summed E-state index contributed by atoms with van der Waals surface area (Å²) in [5.74, 6) is -0.221. The zero-order valence-corrected chi connectivity index (χ0v) is 23.0. The van der Waals surface area contributed by atoms with Crippen molar-refractivity contribution >= 4 is 28.6 Å². The van der Waals surface area contributed by atoms with Gasteiger partial charge in [-0.2, -0.15) is 31.4 Å². The van der Waals surface area contributed by atoms with Gasteiger partial charge in [0.05, 0.1) is 28.8 Å². The molecule has 0 radical (unpaired) electrons. The molecule has 1 amide bonds. The van der Waals surface area contributed by atoms with Gasteiger partial charge in [0.25, 0.3) is 0 Å². The molecule has 1 aliphatic carbocycles. The van der Waals surface area contributed by atoms with Crippen LogP contribution >= 0.6 is 0 Å². The van der Waals surface area contributed by atoms with E-state index in [0.29, 0.717) is 30.2 Å². The molecule has 1 saturated carbocycles. The van der Waals surface area contributed by atoms with E-state index in [1.54, 1.807) is 6.20 Å². The third-order valence-corrected chi connectivity index (χ3v) is 7.42. The third kappa shape index (κ3) is 7.24. The van der Waals surface area contributed by atoms with E-state index < -0.39 is 41.4 Å². The van der Waals surface area contributed by atoms with Crippen LogP contribution in [0, 0.1) is 0 Å². The van der Waals surface area contributed by atoms with Gasteiger partial charge in [-0.25, -0.2) is 9.97 Å². The summed E-state index contributed by atoms with van der Waals surface area (Å²) in [4.78, 5) is 21.8. The minimum Gasteiger partial charge on any atom is -0.351 e. The number of aromatic amines is 1. The van der Waals surface area contributed by atoms with Crippen molar-refractivity contribution in [3.05, 3.63) is 64.8 Å². The van der Waals surface area contributed by atoms with Gasteiger partial charge in [0.15, 0.2) is 5.82 Å². The van der Waals surface area contributed by atoms with E-state index in [4.69, 9.17) is 10.7 Å². The van der Waals surface area contributed by atoms with Crippen LogP contribution in [0.25, 0.3) is 22.2 Å². The van der Waals surface area contributed by atoms with E-state index >= 15 is 0 Å². The van der Waals surface area contributed by atoms with E-state index in [1.165, 1.54) is 6.07 Å². The number of aromatic nitrogens is 4. The fourth-order valence-electron chi connectivity index (χ4n) is 5.19. The number of aryl methyl sites for hydroxylation is 1. The van der Waals surface area contributed by atoms with Crippen molar-refractivity contribution in [1.82, 2.24) is 20.2 Å². The van der Waals surface area contributed by atoms with Gasteiger partial charge in [0.2, 0.25) is 11.9 Å². The standard InChI is InChI=1S/C29H29F6N7O/c1-2-16-10-17(11-18-14-37-27(40-26(16)18)38-22-5-3-21(36)4-6-22)23-13-24(42-41-23)39-25(43)9-15-7-19(28(30,31)32)12-20(8-15)29(33,34)35/h7-8,10-14,21-22H,2-6,9,36H2,1H3,(H,37,38,40)(H2,39,41,42,43). The van der Waals surface area contributed by atoms with E-state index in [-0.39, 0.29) is 24.0 Å². The van der Waals surface area contributed by atoms with Crippen molar-refractivity contribution in [3.8, 4) is 11.3 Å². The van der Waals surface area contributed by atoms with Crippen LogP contribution in [-0.4, -0.2) is 38.2 Å². The first-order valence-corrected chi connectivity index (χ1v) is 13.7. The molecule has 14 heteroatoms. The number of H-pyrrole nitrogens is 1. The van der Waals surface area contributed by atoms with Crippen molar-refractivity contribution in [2.45, 2.75) is 69.9 Å². The Kier molecular flexibility index (Phi) is 8.32. The zero-order chi connectivity index (χ0) is 30.9. The van der Waals surface area contributed by atoms with E-state index in [2.05, 4.69) is 25.8 Å². The minimum absolute atomic E-state index is 0.0187. The molecule has 0 bridgehead atoms. The van der Waals surface area contributed by atoms with Gasteiger partial charge in [-0.05, 0) is 73.6 Å². The summed E-state index contributed by atoms with van der Waals surface area (Å²) in [6.07, 6.45) is -4.52. The first-order valence-electron chi connectivity index (χ1n) is 13.7. The number of hydrogen-bond donors (Lipinski definition) is 4. The molecule has 2 aromatic heterocycles. The molecule has 0 aliphatic heterocycles. The number of benzene rings is 2. The maximum absolute atomic E-state index is 13.2. The third-order valence-electron chi connectivity index (χ3n) is 7.42. The topological polar surface area (TPSA) is 122 Å². The molecule has 0 atom stereocenters. The quantitative estimate of drug-likeness (QED) is 0.179. The Morgan fingerprint density at radius 3 is 2.28 bits per heavy atom. The lowest BCUT2D eigenvalue weighted by Gasteiger charge is -2.26. The number of amides is 1. The van der Waals surface area contributed by atoms with Crippen LogP contribution < -0.4 is 16.4 Å². The fraction of sp³-hybridized carbons (Fsp3) is 0.379. The maximum atomic E-state index is 13.2. The number of anilines is 2. The summed E-state index contributed by atoms with van der Waals surface area (Å²) in [5, 5.41) is 13.5. The summed E-state index contributed by atoms with van der Waals surface area (Å²) in [6.45, 7) is 1.99. The Morgan fingerprint density at radius 2 is 1.65 bits per heavy atom. The summed E-state index contributed by atoms with van der Waals surface area (Å²) in [6, 6.07) is 6.89. The lowest BCUT2D eigenvalue weighted by molar-refractivity contribution is -0.143. The van der Waals surface area contributed by atoms with Crippen LogP contribution in [0.15, 0.2) is 42.6 Å². The number of alkyl halides is 6. The van der Waals surface area contributed by atoms with E-state index in [0.717, 1.165) is 47.7 Å². The molecule has 43 heavy (non-hydrogen) atoms. The summed E-state index contributed by atoms with van der Waals surface area (Å²) < 4.78 is 79.0. The molecule has 5 N–H and O–H groups in total. The number of rotatable bonds is 7. The van der Waals surface area contributed by atoms with Gasteiger partial charge < -0.3 is 16.4 Å². The van der Waals surface area contributed by atoms with Crippen molar-refractivity contribution < 1.29 is 31.1 Å². The molecule has 8 nitrogen and oxygen atoms in total. The molecular weight excluding hydrogens is 576 g/mol. The second-order valence-corrected chi connectivity index (χ2v) is 10.7. The van der Waals surface area contributed by atoms with Crippen molar-refractivity contribution in [2.24, 2.45) is 5.73 Å². The Hall–Kier alpha value is -4.20. The normalized spacial score (nSPS) is 17.7. The first-order chi connectivity index (χ1) is 20.3. The average molecular weight is 606 g/mol. The number of carbonyl (C=O) groups is 1. The number of hydrogen-bond acceptors (Lipinski definition) is 6. The number of nitrogens with two attached hydrogens (primary N) is 1. The molecule has 1 aliphatic rings. The lowest BCUT2D eigenvalue weighted by atomic mass is 9.92. The van der Waals surface area contributed by atoms with Gasteiger partial charge in [-0.3, -0.25) is 9.89 Å². The monoisotopic (exact) mass is 605 g/mol. The Bertz CT molecular complexity index is 1590. The van der Waals surface area contributed by atoms with Gasteiger partial charge in [-0.1, -0.05) is 6.92 Å². The molecule has 0 unspecified atom stereocenters. The van der Waals surface area contributed by atoms with Crippen LogP contribution in [0.2, 0.25) is 0 Å². The highest BCUT2D eigenvalue weighted by Crippen LogP contribution is 2.36. The van der Waals surface area contributed by atoms with Crippen LogP contribution in [0.3, 0.4) is 0 Å². The lowest BCUT2D eigenvalue weighted by Crippen LogP contribution is -2.33. The Balaban J connectivity index is 1.31. The average Bonchev–Trinajstić information content (AvgIpc) is 3.41. The molecule has 4 aromatic rings. The van der Waals surface area contributed by atoms with Crippen LogP contribution in [0.1, 0.15) is 54.9 Å². The molecule has 228 valence electrons. The molecule has 2 aromatic carbocycles. The molecule has 1 fully saturated rings. The number of nitrogens with one attached hydrogen (secondary N) is 3. The number of carbonyl (C=O) groups excluding carboxylic acids is 1. The van der Waals surface area contributed by atoms with Crippen LogP contribution in [-0.2, 0) is 30.0 Å². The van der Waals surface area contributed by atoms with Gasteiger partial charge >= 0.3 is 12.4 Å². The van der Waals surface area contributed by atoms with Crippen LogP contribution in [0.4, 0.5) is 38.1 Å². The summed E-state index contributed by atoms with van der Waals surface area (Å²) >= 11 is 0. The second-order valence-electron chi connectivity index (χ2n) is 10.7. The summed E-state index contributed by atoms with van der Waals surface area (Å²) in [5.41, 5.74) is 5.61. The minimum atomic E-state index is -5.01. The first kappa shape index (κ1) is 30.3. The molecule has 2 heterocycles. The molecule has 0 saturated heterocycles. The number of halogens is 6. The Morgan fingerprint density at radius 1 is 0.977 bits per heavy atom. The van der Waals surface area contributed by atoms with Gasteiger partial charge in [0.1, 0.15) is 0 Å². The highest BCUT2D eigenvalue weighted by atomic mass is 19.4. The van der Waals surface area contributed by atoms with Crippen molar-refractivity contribution in [2.75, 3.05) is 10.6 Å². The SMILES string of the molecule is CCc1cc(-c2cc(NC(=O)Cc3cc(C(F)(F)F)cc(C(F)(F)F)c3)n[nH]2)cc2cnc(NC3CCC(N)CC3)nc12. The predicted octanol–water partition coefficient (Wildman–Crippen LogP) is 6.48. The highest BCUT2D eigenvalue weighted by Gasteiger charge is 2.37. The molecule has 5 rings (SSSR count). The van der Waals surface area contributed by atoms with Crippen molar-refractivity contribution in [3.63, 3.8) is 0 Å². The molecular formula is C29H29F6N7O. The zero-order valence-electron chi connectivity index (χ0n) is 23.0. The number of nitrogens with zero attached hydrogens (tertiary/aromatic N) is 3. The molecule has 0 spiro atoms. The predicted molar refractivity (Wildman–Crippen MR) is 149 cm³/mol. The Labute approximate surface area is 242 Å². The maximum Gasteiger partial charge on any atom is 0.416 e. The largest absolute Gasteiger partial charge is 0.416 e. The second kappa shape index (κ2) is 11.8. The number of fused-ring (bicyclic) bond motifs is 1. The summed E-state index contributed by atoms with van der Waals surface area (Å²) in [7, 11) is 0. The van der Waals surface area contributed by atoms with E-state index in [9.17, 15) is 31.1 Å². The van der Waals surface area contributed by atoms with E-state index in [1.807, 2.05) is 19.1 Å².